The number of ether oxygens (including phenoxy) is 1. The van der Waals surface area contributed by atoms with Gasteiger partial charge in [-0.15, -0.1) is 0 Å². The van der Waals surface area contributed by atoms with Gasteiger partial charge in [-0.3, -0.25) is 9.10 Å². The van der Waals surface area contributed by atoms with Crippen molar-refractivity contribution in [1.82, 2.24) is 0 Å². The molecular weight excluding hydrogens is 424 g/mol. The van der Waals surface area contributed by atoms with Crippen molar-refractivity contribution < 1.29 is 17.9 Å². The van der Waals surface area contributed by atoms with Crippen molar-refractivity contribution in [3.63, 3.8) is 0 Å². The van der Waals surface area contributed by atoms with Crippen molar-refractivity contribution in [1.29, 1.82) is 0 Å². The molecule has 7 heteroatoms. The Hall–Kier alpha value is -3.16. The number of hydrogen-bond donors (Lipinski definition) is 1. The lowest BCUT2D eigenvalue weighted by Crippen LogP contribution is -2.30. The normalized spacial score (nSPS) is 11.2. The van der Waals surface area contributed by atoms with Gasteiger partial charge in [-0.2, -0.15) is 0 Å². The largest absolute Gasteiger partial charge is 0.380 e. The molecular formula is C25H28N2O4S. The highest BCUT2D eigenvalue weighted by atomic mass is 32.2. The van der Waals surface area contributed by atoms with Crippen LogP contribution < -0.4 is 9.62 Å². The van der Waals surface area contributed by atoms with Crippen LogP contribution in [0.2, 0.25) is 0 Å². The Kier molecular flexibility index (Phi) is 7.66. The molecule has 0 aliphatic carbocycles. The van der Waals surface area contributed by atoms with Crippen LogP contribution in [0.3, 0.4) is 0 Å². The fourth-order valence-electron chi connectivity index (χ4n) is 3.47. The van der Waals surface area contributed by atoms with Crippen LogP contribution in [0.5, 0.6) is 0 Å². The van der Waals surface area contributed by atoms with E-state index in [1.54, 1.807) is 31.4 Å². The maximum absolute atomic E-state index is 12.6. The smallest absolute Gasteiger partial charge is 0.255 e. The van der Waals surface area contributed by atoms with Gasteiger partial charge in [0.15, 0.2) is 0 Å². The minimum Gasteiger partial charge on any atom is -0.380 e. The first-order valence-corrected chi connectivity index (χ1v) is 12.2. The second-order valence-corrected chi connectivity index (χ2v) is 9.44. The zero-order valence-electron chi connectivity index (χ0n) is 18.5. The van der Waals surface area contributed by atoms with E-state index in [0.717, 1.165) is 23.1 Å². The number of nitrogens with zero attached hydrogens (tertiary/aromatic N) is 1. The van der Waals surface area contributed by atoms with Crippen LogP contribution in [-0.2, 0) is 34.3 Å². The summed E-state index contributed by atoms with van der Waals surface area (Å²) in [6, 6.07) is 21.9. The average Bonchev–Trinajstić information content (AvgIpc) is 2.77. The van der Waals surface area contributed by atoms with Crippen molar-refractivity contribution in [2.45, 2.75) is 26.5 Å². The molecule has 32 heavy (non-hydrogen) atoms. The molecule has 0 aliphatic heterocycles. The molecule has 0 atom stereocenters. The number of benzene rings is 3. The summed E-state index contributed by atoms with van der Waals surface area (Å²) in [7, 11) is -1.86. The lowest BCUT2D eigenvalue weighted by atomic mass is 10.1. The third kappa shape index (κ3) is 5.96. The van der Waals surface area contributed by atoms with E-state index in [-0.39, 0.29) is 12.5 Å². The molecule has 3 aromatic carbocycles. The molecule has 0 bridgehead atoms. The van der Waals surface area contributed by atoms with Crippen molar-refractivity contribution in [3.8, 4) is 0 Å². The van der Waals surface area contributed by atoms with Gasteiger partial charge >= 0.3 is 0 Å². The van der Waals surface area contributed by atoms with E-state index in [9.17, 15) is 13.2 Å². The SMILES string of the molecule is CCc1ccccc1N(Cc1ccc(C(=O)Nc2cccc(COC)c2)cc1)S(C)(=O)=O. The third-order valence-corrected chi connectivity index (χ3v) is 6.21. The van der Waals surface area contributed by atoms with Crippen LogP contribution in [0.25, 0.3) is 0 Å². The lowest BCUT2D eigenvalue weighted by Gasteiger charge is -2.25. The Morgan fingerprint density at radius 1 is 0.969 bits per heavy atom. The van der Waals surface area contributed by atoms with E-state index >= 15 is 0 Å². The van der Waals surface area contributed by atoms with Crippen LogP contribution in [-0.4, -0.2) is 27.7 Å². The number of aryl methyl sites for hydroxylation is 1. The highest BCUT2D eigenvalue weighted by molar-refractivity contribution is 7.92. The first-order valence-electron chi connectivity index (χ1n) is 10.4. The molecule has 3 aromatic rings. The summed E-state index contributed by atoms with van der Waals surface area (Å²) in [4.78, 5) is 12.6. The predicted octanol–water partition coefficient (Wildman–Crippen LogP) is 4.61. The Morgan fingerprint density at radius 3 is 2.34 bits per heavy atom. The minimum atomic E-state index is -3.48. The summed E-state index contributed by atoms with van der Waals surface area (Å²) in [5.74, 6) is -0.234. The number of methoxy groups -OCH3 is 1. The minimum absolute atomic E-state index is 0.191. The fraction of sp³-hybridized carbons (Fsp3) is 0.240. The van der Waals surface area contributed by atoms with E-state index in [2.05, 4.69) is 5.32 Å². The average molecular weight is 453 g/mol. The zero-order valence-corrected chi connectivity index (χ0v) is 19.4. The molecule has 6 nitrogen and oxygen atoms in total. The van der Waals surface area contributed by atoms with Gasteiger partial charge in [-0.25, -0.2) is 8.42 Å². The molecule has 0 saturated heterocycles. The third-order valence-electron chi connectivity index (χ3n) is 5.08. The number of nitrogens with one attached hydrogen (secondary N) is 1. The first kappa shape index (κ1) is 23.5. The number of sulfonamides is 1. The molecule has 1 N–H and O–H groups in total. The van der Waals surface area contributed by atoms with Crippen molar-refractivity contribution in [3.05, 3.63) is 95.1 Å². The van der Waals surface area contributed by atoms with Gasteiger partial charge in [0.05, 0.1) is 25.1 Å². The van der Waals surface area contributed by atoms with Crippen LogP contribution in [0.1, 0.15) is 34.0 Å². The maximum Gasteiger partial charge on any atom is 0.255 e. The quantitative estimate of drug-likeness (QED) is 0.514. The van der Waals surface area contributed by atoms with Gasteiger partial charge in [0.1, 0.15) is 0 Å². The first-order chi connectivity index (χ1) is 15.3. The Balaban J connectivity index is 1.76. The fourth-order valence-corrected chi connectivity index (χ4v) is 4.39. The standard InChI is InChI=1S/C25H28N2O4S/c1-4-21-9-5-6-11-24(21)27(32(3,29)30)17-19-12-14-22(15-13-19)25(28)26-23-10-7-8-20(16-23)18-31-2/h5-16H,4,17-18H2,1-3H3,(H,26,28). The molecule has 0 spiro atoms. The summed E-state index contributed by atoms with van der Waals surface area (Å²) in [6.45, 7) is 2.66. The maximum atomic E-state index is 12.6. The monoisotopic (exact) mass is 452 g/mol. The van der Waals surface area contributed by atoms with Crippen molar-refractivity contribution in [2.75, 3.05) is 23.0 Å². The Morgan fingerprint density at radius 2 is 1.69 bits per heavy atom. The summed E-state index contributed by atoms with van der Waals surface area (Å²) < 4.78 is 31.6. The topological polar surface area (TPSA) is 75.7 Å². The van der Waals surface area contributed by atoms with Gasteiger partial charge in [-0.1, -0.05) is 49.4 Å². The highest BCUT2D eigenvalue weighted by Crippen LogP contribution is 2.25. The van der Waals surface area contributed by atoms with Crippen LogP contribution in [0.4, 0.5) is 11.4 Å². The number of carbonyl (C=O) groups excluding carboxylic acids is 1. The van der Waals surface area contributed by atoms with E-state index in [1.807, 2.05) is 55.5 Å². The number of anilines is 2. The van der Waals surface area contributed by atoms with Crippen LogP contribution in [0.15, 0.2) is 72.8 Å². The Bertz CT molecular complexity index is 1170. The molecule has 0 unspecified atom stereocenters. The van der Waals surface area contributed by atoms with E-state index < -0.39 is 10.0 Å². The number of hydrogen-bond acceptors (Lipinski definition) is 4. The molecule has 0 fully saturated rings. The van der Waals surface area contributed by atoms with Gasteiger partial charge in [0.25, 0.3) is 5.91 Å². The predicted molar refractivity (Wildman–Crippen MR) is 128 cm³/mol. The van der Waals surface area contributed by atoms with E-state index in [0.29, 0.717) is 23.5 Å². The lowest BCUT2D eigenvalue weighted by molar-refractivity contribution is 0.102. The van der Waals surface area contributed by atoms with E-state index in [4.69, 9.17) is 4.74 Å². The number of rotatable bonds is 9. The molecule has 3 rings (SSSR count). The number of amides is 1. The number of para-hydroxylation sites is 1. The summed E-state index contributed by atoms with van der Waals surface area (Å²) in [6.07, 6.45) is 1.94. The molecule has 0 aliphatic rings. The van der Waals surface area contributed by atoms with Gasteiger partial charge in [-0.05, 0) is 53.4 Å². The summed E-state index contributed by atoms with van der Waals surface area (Å²) in [5.41, 5.74) is 4.58. The van der Waals surface area contributed by atoms with Gasteiger partial charge in [0.2, 0.25) is 10.0 Å². The second kappa shape index (κ2) is 10.4. The molecule has 0 aromatic heterocycles. The van der Waals surface area contributed by atoms with Crippen molar-refractivity contribution in [2.24, 2.45) is 0 Å². The number of carbonyl (C=O) groups is 1. The Labute approximate surface area is 189 Å². The van der Waals surface area contributed by atoms with Crippen LogP contribution in [0, 0.1) is 0 Å². The summed E-state index contributed by atoms with van der Waals surface area (Å²) >= 11 is 0. The molecule has 168 valence electrons. The van der Waals surface area contributed by atoms with Crippen LogP contribution >= 0.6 is 0 Å². The molecule has 1 amide bonds. The van der Waals surface area contributed by atoms with Gasteiger partial charge < -0.3 is 10.1 Å². The highest BCUT2D eigenvalue weighted by Gasteiger charge is 2.20. The summed E-state index contributed by atoms with van der Waals surface area (Å²) in [5, 5.41) is 2.88. The molecule has 0 saturated carbocycles. The zero-order chi connectivity index (χ0) is 23.1. The van der Waals surface area contributed by atoms with Gasteiger partial charge in [0, 0.05) is 18.4 Å². The van der Waals surface area contributed by atoms with E-state index in [1.165, 1.54) is 10.6 Å². The molecule has 0 heterocycles. The second-order valence-electron chi connectivity index (χ2n) is 7.54. The molecule has 0 radical (unpaired) electrons. The van der Waals surface area contributed by atoms with Crippen molar-refractivity contribution >= 4 is 27.3 Å².